The Bertz CT molecular complexity index is 319. The maximum atomic E-state index is 10.9. The molecule has 1 aromatic heterocycles. The summed E-state index contributed by atoms with van der Waals surface area (Å²) in [7, 11) is 0. The first-order valence-corrected chi connectivity index (χ1v) is 3.67. The second kappa shape index (κ2) is 3.68. The summed E-state index contributed by atoms with van der Waals surface area (Å²) in [6, 6.07) is 3.53. The highest BCUT2D eigenvalue weighted by Gasteiger charge is 2.01. The van der Waals surface area contributed by atoms with Gasteiger partial charge in [0, 0.05) is 17.7 Å². The quantitative estimate of drug-likeness (QED) is 0.356. The lowest BCUT2D eigenvalue weighted by molar-refractivity contribution is -0.684. The van der Waals surface area contributed by atoms with Crippen LogP contribution in [0.5, 0.6) is 0 Å². The molecular formula is C10H10NO+. The Labute approximate surface area is 71.8 Å². The molecule has 1 heterocycles. The average Bonchev–Trinajstić information content (AvgIpc) is 2.06. The number of nitrogens with zero attached hydrogens (tertiary/aromatic N) is 1. The van der Waals surface area contributed by atoms with Crippen LogP contribution in [0.4, 0.5) is 0 Å². The summed E-state index contributed by atoms with van der Waals surface area (Å²) in [6.07, 6.45) is 8.72. The van der Waals surface area contributed by atoms with Crippen LogP contribution >= 0.6 is 0 Å². The van der Waals surface area contributed by atoms with Crippen molar-refractivity contribution < 1.29 is 9.36 Å². The maximum Gasteiger partial charge on any atom is 0.208 e. The van der Waals surface area contributed by atoms with E-state index in [1.54, 1.807) is 31.5 Å². The second-order valence-electron chi connectivity index (χ2n) is 2.52. The first-order chi connectivity index (χ1) is 5.74. The molecule has 0 saturated heterocycles. The van der Waals surface area contributed by atoms with E-state index >= 15 is 0 Å². The van der Waals surface area contributed by atoms with E-state index in [0.717, 1.165) is 0 Å². The van der Waals surface area contributed by atoms with E-state index in [0.29, 0.717) is 12.1 Å². The molecule has 0 atom stereocenters. The van der Waals surface area contributed by atoms with Crippen LogP contribution in [0.3, 0.4) is 0 Å². The fourth-order valence-electron chi connectivity index (χ4n) is 0.903. The highest BCUT2D eigenvalue weighted by atomic mass is 16.1. The van der Waals surface area contributed by atoms with Crippen molar-refractivity contribution >= 4 is 5.78 Å². The molecule has 0 amide bonds. The normalized spacial score (nSPS) is 9.00. The molecule has 0 radical (unpaired) electrons. The van der Waals surface area contributed by atoms with Crippen molar-refractivity contribution in [3.05, 3.63) is 30.1 Å². The van der Waals surface area contributed by atoms with Gasteiger partial charge in [0.25, 0.3) is 0 Å². The first kappa shape index (κ1) is 8.48. The zero-order chi connectivity index (χ0) is 8.97. The lowest BCUT2D eigenvalue weighted by Crippen LogP contribution is -2.31. The van der Waals surface area contributed by atoms with Gasteiger partial charge in [0.15, 0.2) is 18.2 Å². The van der Waals surface area contributed by atoms with E-state index in [9.17, 15) is 4.79 Å². The zero-order valence-electron chi connectivity index (χ0n) is 6.95. The van der Waals surface area contributed by atoms with Crippen molar-refractivity contribution in [1.29, 1.82) is 0 Å². The van der Waals surface area contributed by atoms with Crippen molar-refractivity contribution in [1.82, 2.24) is 0 Å². The van der Waals surface area contributed by atoms with Crippen LogP contribution in [0.25, 0.3) is 0 Å². The zero-order valence-corrected chi connectivity index (χ0v) is 6.95. The van der Waals surface area contributed by atoms with Crippen molar-refractivity contribution in [3.8, 4) is 12.3 Å². The fourth-order valence-corrected chi connectivity index (χ4v) is 0.903. The Hall–Kier alpha value is -1.62. The van der Waals surface area contributed by atoms with E-state index in [4.69, 9.17) is 6.42 Å². The lowest BCUT2D eigenvalue weighted by Gasteiger charge is -1.92. The predicted molar refractivity (Wildman–Crippen MR) is 45.5 cm³/mol. The lowest BCUT2D eigenvalue weighted by atomic mass is 10.2. The SMILES string of the molecule is C#CC[n+]1ccc(C(C)=O)cc1. The minimum absolute atomic E-state index is 0.0721. The predicted octanol–water partition coefficient (Wildman–Crippen LogP) is 0.810. The van der Waals surface area contributed by atoms with Gasteiger partial charge in [0.1, 0.15) is 0 Å². The summed E-state index contributed by atoms with van der Waals surface area (Å²) in [5.41, 5.74) is 0.711. The first-order valence-electron chi connectivity index (χ1n) is 3.67. The molecular weight excluding hydrogens is 150 g/mol. The summed E-state index contributed by atoms with van der Waals surface area (Å²) in [5.74, 6) is 2.58. The topological polar surface area (TPSA) is 20.9 Å². The Kier molecular flexibility index (Phi) is 2.60. The van der Waals surface area contributed by atoms with E-state index in [1.807, 2.05) is 4.57 Å². The molecule has 60 valence electrons. The van der Waals surface area contributed by atoms with E-state index in [1.165, 1.54) is 0 Å². The average molecular weight is 160 g/mol. The number of hydrogen-bond acceptors (Lipinski definition) is 1. The van der Waals surface area contributed by atoms with E-state index in [2.05, 4.69) is 5.92 Å². The molecule has 2 nitrogen and oxygen atoms in total. The number of carbonyl (C=O) groups is 1. The van der Waals surface area contributed by atoms with Gasteiger partial charge in [-0.15, -0.1) is 6.42 Å². The molecule has 0 aliphatic carbocycles. The third-order valence-electron chi connectivity index (χ3n) is 1.57. The highest BCUT2D eigenvalue weighted by molar-refractivity contribution is 5.93. The molecule has 0 spiro atoms. The van der Waals surface area contributed by atoms with Crippen molar-refractivity contribution in [2.45, 2.75) is 13.5 Å². The van der Waals surface area contributed by atoms with Crippen LogP contribution in [-0.2, 0) is 6.54 Å². The van der Waals surface area contributed by atoms with Gasteiger partial charge in [0.05, 0.1) is 0 Å². The van der Waals surface area contributed by atoms with Crippen LogP contribution in [0.1, 0.15) is 17.3 Å². The van der Waals surface area contributed by atoms with Gasteiger partial charge in [-0.2, -0.15) is 4.57 Å². The third kappa shape index (κ3) is 1.93. The Morgan fingerprint density at radius 1 is 1.58 bits per heavy atom. The van der Waals surface area contributed by atoms with Crippen molar-refractivity contribution in [2.75, 3.05) is 0 Å². The molecule has 0 aromatic carbocycles. The van der Waals surface area contributed by atoms with Crippen LogP contribution in [0.15, 0.2) is 24.5 Å². The summed E-state index contributed by atoms with van der Waals surface area (Å²) in [6.45, 7) is 2.08. The van der Waals surface area contributed by atoms with E-state index in [-0.39, 0.29) is 5.78 Å². The number of carbonyl (C=O) groups excluding carboxylic acids is 1. The Balaban J connectivity index is 2.87. The molecule has 0 aliphatic heterocycles. The fraction of sp³-hybridized carbons (Fsp3) is 0.200. The van der Waals surface area contributed by atoms with Crippen LogP contribution in [0, 0.1) is 12.3 Å². The van der Waals surface area contributed by atoms with Gasteiger partial charge in [-0.1, -0.05) is 0 Å². The molecule has 0 fully saturated rings. The summed E-state index contributed by atoms with van der Waals surface area (Å²) < 4.78 is 1.84. The van der Waals surface area contributed by atoms with Gasteiger partial charge >= 0.3 is 0 Å². The van der Waals surface area contributed by atoms with Gasteiger partial charge in [0.2, 0.25) is 6.54 Å². The van der Waals surface area contributed by atoms with Crippen LogP contribution in [0.2, 0.25) is 0 Å². The number of aromatic nitrogens is 1. The van der Waals surface area contributed by atoms with Gasteiger partial charge in [-0.25, -0.2) is 0 Å². The molecule has 1 rings (SSSR count). The number of terminal acetylenes is 1. The monoisotopic (exact) mass is 160 g/mol. The highest BCUT2D eigenvalue weighted by Crippen LogP contribution is 1.94. The van der Waals surface area contributed by atoms with Crippen LogP contribution in [-0.4, -0.2) is 5.78 Å². The summed E-state index contributed by atoms with van der Waals surface area (Å²) in [4.78, 5) is 10.9. The van der Waals surface area contributed by atoms with Crippen molar-refractivity contribution in [3.63, 3.8) is 0 Å². The summed E-state index contributed by atoms with van der Waals surface area (Å²) >= 11 is 0. The van der Waals surface area contributed by atoms with Gasteiger partial charge in [-0.05, 0) is 12.8 Å². The van der Waals surface area contributed by atoms with Gasteiger partial charge in [-0.3, -0.25) is 4.79 Å². The Morgan fingerprint density at radius 2 is 2.17 bits per heavy atom. The number of rotatable bonds is 2. The molecule has 0 unspecified atom stereocenters. The number of pyridine rings is 1. The summed E-state index contributed by atoms with van der Waals surface area (Å²) in [5, 5.41) is 0. The van der Waals surface area contributed by atoms with E-state index < -0.39 is 0 Å². The standard InChI is InChI=1S/C10H10NO/c1-3-6-11-7-4-10(5-8-11)9(2)12/h1,4-5,7-8H,6H2,2H3/q+1. The van der Waals surface area contributed by atoms with Crippen LogP contribution < -0.4 is 4.57 Å². The molecule has 0 saturated carbocycles. The second-order valence-corrected chi connectivity index (χ2v) is 2.52. The number of hydrogen-bond donors (Lipinski definition) is 0. The molecule has 2 heteroatoms. The largest absolute Gasteiger partial charge is 0.295 e. The Morgan fingerprint density at radius 3 is 2.58 bits per heavy atom. The molecule has 12 heavy (non-hydrogen) atoms. The third-order valence-corrected chi connectivity index (χ3v) is 1.57. The molecule has 0 bridgehead atoms. The molecule has 0 N–H and O–H groups in total. The maximum absolute atomic E-state index is 10.9. The smallest absolute Gasteiger partial charge is 0.208 e. The minimum Gasteiger partial charge on any atom is -0.295 e. The van der Waals surface area contributed by atoms with Crippen molar-refractivity contribution in [2.24, 2.45) is 0 Å². The number of Topliss-reactive ketones (excluding diaryl/α,β-unsaturated/α-hetero) is 1. The molecule has 1 aromatic rings. The molecule has 0 aliphatic rings. The number of ketones is 1. The van der Waals surface area contributed by atoms with Gasteiger partial charge < -0.3 is 0 Å². The minimum atomic E-state index is 0.0721.